The minimum absolute atomic E-state index is 0.132. The van der Waals surface area contributed by atoms with Gasteiger partial charge < -0.3 is 0 Å². The highest BCUT2D eigenvalue weighted by Crippen LogP contribution is 2.46. The molecule has 3 nitrogen and oxygen atoms in total. The van der Waals surface area contributed by atoms with Gasteiger partial charge in [0.2, 0.25) is 10.0 Å². The molecule has 94 valence electrons. The van der Waals surface area contributed by atoms with E-state index >= 15 is 0 Å². The zero-order chi connectivity index (χ0) is 11.6. The monoisotopic (exact) mass is 309 g/mol. The summed E-state index contributed by atoms with van der Waals surface area (Å²) in [5, 5.41) is 0.778. The van der Waals surface area contributed by atoms with Gasteiger partial charge in [0.25, 0.3) is 0 Å². The molecule has 2 rings (SSSR count). The van der Waals surface area contributed by atoms with Crippen LogP contribution in [0.1, 0.15) is 44.9 Å². The molecule has 0 aromatic heterocycles. The van der Waals surface area contributed by atoms with Gasteiger partial charge in [-0.25, -0.2) is 13.1 Å². The number of sulfonamides is 1. The van der Waals surface area contributed by atoms with Crippen LogP contribution in [0.4, 0.5) is 0 Å². The van der Waals surface area contributed by atoms with E-state index in [1.54, 1.807) is 0 Å². The van der Waals surface area contributed by atoms with Crippen LogP contribution in [0.5, 0.6) is 0 Å². The number of alkyl halides is 1. The third-order valence-corrected chi connectivity index (χ3v) is 6.97. The highest BCUT2D eigenvalue weighted by atomic mass is 79.9. The first-order valence-corrected chi connectivity index (χ1v) is 8.79. The van der Waals surface area contributed by atoms with Crippen molar-refractivity contribution in [2.24, 2.45) is 5.41 Å². The Hall–Kier alpha value is 0.390. The van der Waals surface area contributed by atoms with Crippen molar-refractivity contribution in [2.45, 2.75) is 50.2 Å². The minimum atomic E-state index is -3.06. The van der Waals surface area contributed by atoms with E-state index in [2.05, 4.69) is 20.7 Å². The Bertz CT molecular complexity index is 332. The second-order valence-electron chi connectivity index (χ2n) is 5.26. The number of hydrogen-bond acceptors (Lipinski definition) is 2. The Balaban J connectivity index is 1.87. The Morgan fingerprint density at radius 3 is 2.31 bits per heavy atom. The molecule has 0 bridgehead atoms. The van der Waals surface area contributed by atoms with Gasteiger partial charge in [-0.15, -0.1) is 0 Å². The van der Waals surface area contributed by atoms with Gasteiger partial charge in [0, 0.05) is 11.9 Å². The zero-order valence-corrected chi connectivity index (χ0v) is 11.9. The summed E-state index contributed by atoms with van der Waals surface area (Å²) < 4.78 is 26.9. The average Bonchev–Trinajstić information content (AvgIpc) is 3.09. The fourth-order valence-corrected chi connectivity index (χ4v) is 4.74. The van der Waals surface area contributed by atoms with Crippen molar-refractivity contribution in [1.29, 1.82) is 0 Å². The standard InChI is InChI=1S/C11H20BrNO2S/c12-8-11(6-7-11)9-13-16(14,15)10-4-2-1-3-5-10/h10,13H,1-9H2. The molecular formula is C11H20BrNO2S. The molecule has 2 fully saturated rings. The van der Waals surface area contributed by atoms with Crippen molar-refractivity contribution in [3.05, 3.63) is 0 Å². The number of nitrogens with one attached hydrogen (secondary N) is 1. The molecule has 0 saturated heterocycles. The molecule has 0 unspecified atom stereocenters. The van der Waals surface area contributed by atoms with Gasteiger partial charge >= 0.3 is 0 Å². The first-order chi connectivity index (χ1) is 7.58. The summed E-state index contributed by atoms with van der Waals surface area (Å²) in [6, 6.07) is 0. The van der Waals surface area contributed by atoms with Crippen molar-refractivity contribution in [2.75, 3.05) is 11.9 Å². The molecule has 0 heterocycles. The van der Waals surface area contributed by atoms with E-state index in [1.165, 1.54) is 6.42 Å². The predicted octanol–water partition coefficient (Wildman–Crippen LogP) is 2.41. The van der Waals surface area contributed by atoms with Crippen molar-refractivity contribution in [3.8, 4) is 0 Å². The van der Waals surface area contributed by atoms with E-state index in [4.69, 9.17) is 0 Å². The van der Waals surface area contributed by atoms with Gasteiger partial charge in [-0.2, -0.15) is 0 Å². The van der Waals surface area contributed by atoms with Crippen molar-refractivity contribution >= 4 is 26.0 Å². The van der Waals surface area contributed by atoms with Crippen LogP contribution in [0.25, 0.3) is 0 Å². The normalized spacial score (nSPS) is 25.6. The molecule has 2 saturated carbocycles. The van der Waals surface area contributed by atoms with E-state index in [0.29, 0.717) is 6.54 Å². The summed E-state index contributed by atoms with van der Waals surface area (Å²) in [4.78, 5) is 0. The SMILES string of the molecule is O=S(=O)(NCC1(CBr)CC1)C1CCCCC1. The molecule has 0 atom stereocenters. The van der Waals surface area contributed by atoms with Crippen LogP contribution in [-0.4, -0.2) is 25.5 Å². The van der Waals surface area contributed by atoms with Crippen LogP contribution in [0.15, 0.2) is 0 Å². The maximum Gasteiger partial charge on any atom is 0.214 e. The summed E-state index contributed by atoms with van der Waals surface area (Å²) in [6.07, 6.45) is 7.30. The number of rotatable bonds is 5. The van der Waals surface area contributed by atoms with Gasteiger partial charge in [0.1, 0.15) is 0 Å². The molecule has 2 aliphatic carbocycles. The molecule has 5 heteroatoms. The fraction of sp³-hybridized carbons (Fsp3) is 1.00. The lowest BCUT2D eigenvalue weighted by atomic mass is 10.0. The van der Waals surface area contributed by atoms with E-state index in [1.807, 2.05) is 0 Å². The molecular weight excluding hydrogens is 290 g/mol. The summed E-state index contributed by atoms with van der Waals surface area (Å²) in [7, 11) is -3.06. The molecule has 0 aliphatic heterocycles. The Morgan fingerprint density at radius 1 is 1.19 bits per heavy atom. The number of hydrogen-bond donors (Lipinski definition) is 1. The summed E-state index contributed by atoms with van der Waals surface area (Å²) >= 11 is 3.46. The van der Waals surface area contributed by atoms with Crippen LogP contribution in [-0.2, 0) is 10.0 Å². The fourth-order valence-electron chi connectivity index (χ4n) is 2.28. The van der Waals surface area contributed by atoms with Gasteiger partial charge in [-0.3, -0.25) is 0 Å². The quantitative estimate of drug-likeness (QED) is 0.793. The lowest BCUT2D eigenvalue weighted by molar-refractivity contribution is 0.470. The third kappa shape index (κ3) is 2.99. The molecule has 0 radical (unpaired) electrons. The number of halogens is 1. The van der Waals surface area contributed by atoms with E-state index in [-0.39, 0.29) is 10.7 Å². The van der Waals surface area contributed by atoms with Gasteiger partial charge in [0.05, 0.1) is 5.25 Å². The van der Waals surface area contributed by atoms with Crippen LogP contribution in [0, 0.1) is 5.41 Å². The molecule has 0 aromatic carbocycles. The summed E-state index contributed by atoms with van der Waals surface area (Å²) in [5.74, 6) is 0. The van der Waals surface area contributed by atoms with Crippen LogP contribution >= 0.6 is 15.9 Å². The zero-order valence-electron chi connectivity index (χ0n) is 9.54. The average molecular weight is 310 g/mol. The predicted molar refractivity (Wildman–Crippen MR) is 69.3 cm³/mol. The lowest BCUT2D eigenvalue weighted by Gasteiger charge is -2.23. The maximum absolute atomic E-state index is 12.0. The third-order valence-electron chi connectivity index (χ3n) is 3.88. The van der Waals surface area contributed by atoms with E-state index in [9.17, 15) is 8.42 Å². The minimum Gasteiger partial charge on any atom is -0.214 e. The smallest absolute Gasteiger partial charge is 0.214 e. The van der Waals surface area contributed by atoms with E-state index < -0.39 is 10.0 Å². The van der Waals surface area contributed by atoms with Crippen molar-refractivity contribution < 1.29 is 8.42 Å². The molecule has 16 heavy (non-hydrogen) atoms. The summed E-state index contributed by atoms with van der Waals surface area (Å²) in [5.41, 5.74) is 0.224. The maximum atomic E-state index is 12.0. The van der Waals surface area contributed by atoms with Crippen LogP contribution < -0.4 is 4.72 Å². The lowest BCUT2D eigenvalue weighted by Crippen LogP contribution is -2.39. The Labute approximate surface area is 107 Å². The topological polar surface area (TPSA) is 46.2 Å². The van der Waals surface area contributed by atoms with E-state index in [0.717, 1.165) is 43.9 Å². The first-order valence-electron chi connectivity index (χ1n) is 6.12. The highest BCUT2D eigenvalue weighted by molar-refractivity contribution is 9.09. The van der Waals surface area contributed by atoms with Gasteiger partial charge in [-0.05, 0) is 31.1 Å². The molecule has 2 aliphatic rings. The Kier molecular flexibility index (Phi) is 3.97. The van der Waals surface area contributed by atoms with Gasteiger partial charge in [-0.1, -0.05) is 35.2 Å². The second kappa shape index (κ2) is 4.94. The first kappa shape index (κ1) is 12.8. The molecule has 0 spiro atoms. The Morgan fingerprint density at radius 2 is 1.81 bits per heavy atom. The van der Waals surface area contributed by atoms with Crippen LogP contribution in [0.3, 0.4) is 0 Å². The summed E-state index contributed by atoms with van der Waals surface area (Å²) in [6.45, 7) is 0.622. The van der Waals surface area contributed by atoms with Crippen LogP contribution in [0.2, 0.25) is 0 Å². The molecule has 1 N–H and O–H groups in total. The van der Waals surface area contributed by atoms with Crippen molar-refractivity contribution in [3.63, 3.8) is 0 Å². The largest absolute Gasteiger partial charge is 0.214 e. The molecule has 0 amide bonds. The highest BCUT2D eigenvalue weighted by Gasteiger charge is 2.42. The molecule has 0 aromatic rings. The second-order valence-corrected chi connectivity index (χ2v) is 7.87. The van der Waals surface area contributed by atoms with Crippen molar-refractivity contribution in [1.82, 2.24) is 4.72 Å². The van der Waals surface area contributed by atoms with Gasteiger partial charge in [0.15, 0.2) is 0 Å².